The van der Waals surface area contributed by atoms with Gasteiger partial charge in [0.1, 0.15) is 11.5 Å². The molecule has 0 unspecified atom stereocenters. The number of nitrogens with zero attached hydrogens (tertiary/aromatic N) is 1. The molecule has 7 heteroatoms. The lowest BCUT2D eigenvalue weighted by atomic mass is 10.1. The van der Waals surface area contributed by atoms with Crippen molar-refractivity contribution in [2.24, 2.45) is 0 Å². The maximum Gasteiger partial charge on any atom is 0.335 e. The minimum absolute atomic E-state index is 0.169. The molecule has 0 amide bonds. The quantitative estimate of drug-likeness (QED) is 0.652. The number of carboxylic acids is 1. The molecule has 0 bridgehead atoms. The summed E-state index contributed by atoms with van der Waals surface area (Å²) in [7, 11) is 0. The molecule has 108 valence electrons. The maximum atomic E-state index is 13.0. The molecule has 2 rings (SSSR count). The minimum Gasteiger partial charge on any atom is -0.478 e. The monoisotopic (exact) mass is 290 g/mol. The first kappa shape index (κ1) is 14.4. The summed E-state index contributed by atoms with van der Waals surface area (Å²) in [6.07, 6.45) is 0. The number of carboxylic acid groups (broad SMARTS) is 1. The predicted molar refractivity (Wildman–Crippen MR) is 73.8 cm³/mol. The standard InChI is InChI=1S/C14H11FN2O4/c15-11-3-1-2-9(6-11)8-16-12-5-4-10(14(18)19)7-13(12)17(20)21/h1-7,16H,8H2,(H,18,19). The van der Waals surface area contributed by atoms with Crippen LogP contribution >= 0.6 is 0 Å². The summed E-state index contributed by atoms with van der Waals surface area (Å²) < 4.78 is 13.0. The molecule has 0 radical (unpaired) electrons. The van der Waals surface area contributed by atoms with Crippen LogP contribution in [-0.2, 0) is 6.54 Å². The average Bonchev–Trinajstić information content (AvgIpc) is 2.44. The van der Waals surface area contributed by atoms with Crippen LogP contribution in [0.25, 0.3) is 0 Å². The number of benzene rings is 2. The Bertz CT molecular complexity index is 703. The van der Waals surface area contributed by atoms with Gasteiger partial charge < -0.3 is 10.4 Å². The molecule has 2 N–H and O–H groups in total. The third kappa shape index (κ3) is 3.53. The molecule has 0 heterocycles. The van der Waals surface area contributed by atoms with Gasteiger partial charge in [-0.25, -0.2) is 9.18 Å². The molecule has 0 aliphatic carbocycles. The molecule has 2 aromatic rings. The molecule has 21 heavy (non-hydrogen) atoms. The van der Waals surface area contributed by atoms with Gasteiger partial charge in [0.2, 0.25) is 0 Å². The fourth-order valence-electron chi connectivity index (χ4n) is 1.81. The number of hydrogen-bond acceptors (Lipinski definition) is 4. The summed E-state index contributed by atoms with van der Waals surface area (Å²) in [6.45, 7) is 0.186. The summed E-state index contributed by atoms with van der Waals surface area (Å²) in [5.41, 5.74) is 0.283. The Morgan fingerprint density at radius 3 is 2.67 bits per heavy atom. The Morgan fingerprint density at radius 1 is 1.29 bits per heavy atom. The van der Waals surface area contributed by atoms with E-state index in [0.717, 1.165) is 6.07 Å². The summed E-state index contributed by atoms with van der Waals surface area (Å²) >= 11 is 0. The molecule has 6 nitrogen and oxygen atoms in total. The minimum atomic E-state index is -1.24. The summed E-state index contributed by atoms with van der Waals surface area (Å²) in [6, 6.07) is 9.39. The van der Waals surface area contributed by atoms with Crippen molar-refractivity contribution in [3.8, 4) is 0 Å². The Labute approximate surface area is 119 Å². The zero-order valence-corrected chi connectivity index (χ0v) is 10.7. The fraction of sp³-hybridized carbons (Fsp3) is 0.0714. The van der Waals surface area contributed by atoms with Gasteiger partial charge in [0.15, 0.2) is 0 Å². The second kappa shape index (κ2) is 6.00. The Balaban J connectivity index is 2.23. The van der Waals surface area contributed by atoms with E-state index in [1.165, 1.54) is 30.3 Å². The van der Waals surface area contributed by atoms with Crippen molar-refractivity contribution in [3.63, 3.8) is 0 Å². The van der Waals surface area contributed by atoms with Crippen molar-refractivity contribution in [2.45, 2.75) is 6.54 Å². The molecule has 0 spiro atoms. The Morgan fingerprint density at radius 2 is 2.05 bits per heavy atom. The van der Waals surface area contributed by atoms with Gasteiger partial charge in [-0.1, -0.05) is 12.1 Å². The second-order valence-corrected chi connectivity index (χ2v) is 4.28. The number of nitro benzene ring substituents is 1. The molecule has 0 saturated heterocycles. The molecule has 0 fully saturated rings. The summed E-state index contributed by atoms with van der Waals surface area (Å²) in [5.74, 6) is -1.64. The van der Waals surface area contributed by atoms with E-state index in [0.29, 0.717) is 5.56 Å². The Kier molecular flexibility index (Phi) is 4.13. The highest BCUT2D eigenvalue weighted by atomic mass is 19.1. The van der Waals surface area contributed by atoms with E-state index in [1.54, 1.807) is 6.07 Å². The van der Waals surface area contributed by atoms with Crippen LogP contribution in [-0.4, -0.2) is 16.0 Å². The van der Waals surface area contributed by atoms with Crippen LogP contribution in [0.3, 0.4) is 0 Å². The lowest BCUT2D eigenvalue weighted by molar-refractivity contribution is -0.384. The van der Waals surface area contributed by atoms with E-state index in [1.807, 2.05) is 0 Å². The summed E-state index contributed by atoms with van der Waals surface area (Å²) in [4.78, 5) is 21.1. The highest BCUT2D eigenvalue weighted by Gasteiger charge is 2.17. The number of aromatic carboxylic acids is 1. The van der Waals surface area contributed by atoms with Crippen LogP contribution in [0.2, 0.25) is 0 Å². The highest BCUT2D eigenvalue weighted by molar-refractivity contribution is 5.89. The van der Waals surface area contributed by atoms with E-state index in [9.17, 15) is 19.3 Å². The molecule has 0 atom stereocenters. The molecule has 0 saturated carbocycles. The number of halogens is 1. The van der Waals surface area contributed by atoms with E-state index < -0.39 is 16.7 Å². The molecule has 2 aromatic carbocycles. The molecular formula is C14H11FN2O4. The third-order valence-corrected chi connectivity index (χ3v) is 2.81. The maximum absolute atomic E-state index is 13.0. The number of carbonyl (C=O) groups is 1. The van der Waals surface area contributed by atoms with E-state index in [4.69, 9.17) is 5.11 Å². The largest absolute Gasteiger partial charge is 0.478 e. The molecule has 0 aliphatic rings. The lowest BCUT2D eigenvalue weighted by Crippen LogP contribution is -2.05. The van der Waals surface area contributed by atoms with Crippen LogP contribution in [0.1, 0.15) is 15.9 Å². The van der Waals surface area contributed by atoms with Crippen molar-refractivity contribution in [3.05, 3.63) is 69.5 Å². The first-order chi connectivity index (χ1) is 9.97. The number of nitro groups is 1. The topological polar surface area (TPSA) is 92.5 Å². The normalized spacial score (nSPS) is 10.1. The van der Waals surface area contributed by atoms with Gasteiger partial charge >= 0.3 is 5.97 Å². The molecular weight excluding hydrogens is 279 g/mol. The van der Waals surface area contributed by atoms with E-state index >= 15 is 0 Å². The van der Waals surface area contributed by atoms with Crippen LogP contribution in [0.15, 0.2) is 42.5 Å². The highest BCUT2D eigenvalue weighted by Crippen LogP contribution is 2.26. The van der Waals surface area contributed by atoms with Crippen LogP contribution in [0.4, 0.5) is 15.8 Å². The van der Waals surface area contributed by atoms with Gasteiger partial charge in [-0.3, -0.25) is 10.1 Å². The van der Waals surface area contributed by atoms with Crippen LogP contribution < -0.4 is 5.32 Å². The Hall–Kier alpha value is -2.96. The number of anilines is 1. The summed E-state index contributed by atoms with van der Waals surface area (Å²) in [5, 5.41) is 22.6. The van der Waals surface area contributed by atoms with Crippen molar-refractivity contribution >= 4 is 17.3 Å². The van der Waals surface area contributed by atoms with Gasteiger partial charge in [0.25, 0.3) is 5.69 Å². The number of hydrogen-bond donors (Lipinski definition) is 2. The zero-order chi connectivity index (χ0) is 15.4. The smallest absolute Gasteiger partial charge is 0.335 e. The second-order valence-electron chi connectivity index (χ2n) is 4.28. The van der Waals surface area contributed by atoms with Gasteiger partial charge in [0.05, 0.1) is 10.5 Å². The van der Waals surface area contributed by atoms with Crippen molar-refractivity contribution in [1.29, 1.82) is 0 Å². The zero-order valence-electron chi connectivity index (χ0n) is 10.7. The molecule has 0 aliphatic heterocycles. The first-order valence-corrected chi connectivity index (χ1v) is 5.97. The van der Waals surface area contributed by atoms with Gasteiger partial charge in [0, 0.05) is 12.6 Å². The van der Waals surface area contributed by atoms with Gasteiger partial charge in [-0.2, -0.15) is 0 Å². The SMILES string of the molecule is O=C(O)c1ccc(NCc2cccc(F)c2)c([N+](=O)[O-])c1. The van der Waals surface area contributed by atoms with Crippen molar-refractivity contribution < 1.29 is 19.2 Å². The molecule has 0 aromatic heterocycles. The van der Waals surface area contributed by atoms with Gasteiger partial charge in [-0.05, 0) is 29.8 Å². The third-order valence-electron chi connectivity index (χ3n) is 2.81. The van der Waals surface area contributed by atoms with Crippen molar-refractivity contribution in [2.75, 3.05) is 5.32 Å². The average molecular weight is 290 g/mol. The van der Waals surface area contributed by atoms with E-state index in [2.05, 4.69) is 5.32 Å². The van der Waals surface area contributed by atoms with Crippen molar-refractivity contribution in [1.82, 2.24) is 0 Å². The number of rotatable bonds is 5. The fourth-order valence-corrected chi connectivity index (χ4v) is 1.81. The van der Waals surface area contributed by atoms with Crippen LogP contribution in [0.5, 0.6) is 0 Å². The lowest BCUT2D eigenvalue weighted by Gasteiger charge is -2.08. The van der Waals surface area contributed by atoms with Crippen LogP contribution in [0, 0.1) is 15.9 Å². The number of nitrogens with one attached hydrogen (secondary N) is 1. The first-order valence-electron chi connectivity index (χ1n) is 5.97. The van der Waals surface area contributed by atoms with Gasteiger partial charge in [-0.15, -0.1) is 0 Å². The van der Waals surface area contributed by atoms with E-state index in [-0.39, 0.29) is 23.5 Å². The predicted octanol–water partition coefficient (Wildman–Crippen LogP) is 3.04.